The summed E-state index contributed by atoms with van der Waals surface area (Å²) in [5.41, 5.74) is 0.0539. The van der Waals surface area contributed by atoms with E-state index in [4.69, 9.17) is 0 Å². The van der Waals surface area contributed by atoms with Crippen LogP contribution in [0.1, 0.15) is 53.9 Å². The van der Waals surface area contributed by atoms with Crippen LogP contribution in [-0.4, -0.2) is 49.6 Å². The molecule has 0 fully saturated rings. The van der Waals surface area contributed by atoms with Crippen molar-refractivity contribution in [1.82, 2.24) is 15.5 Å². The molecule has 0 amide bonds. The number of halogens is 1. The minimum absolute atomic E-state index is 0. The molecule has 0 aliphatic rings. The smallest absolute Gasteiger partial charge is 0.191 e. The molecule has 0 bridgehead atoms. The van der Waals surface area contributed by atoms with Crippen molar-refractivity contribution in [3.05, 3.63) is 0 Å². The fourth-order valence-corrected chi connectivity index (χ4v) is 2.01. The summed E-state index contributed by atoms with van der Waals surface area (Å²) >= 11 is 0. The molecular formula is C15H35IN4. The van der Waals surface area contributed by atoms with Crippen LogP contribution in [0.4, 0.5) is 0 Å². The molecule has 0 saturated heterocycles. The molecular weight excluding hydrogens is 363 g/mol. The topological polar surface area (TPSA) is 39.7 Å². The van der Waals surface area contributed by atoms with Gasteiger partial charge in [-0.2, -0.15) is 0 Å². The average molecular weight is 398 g/mol. The van der Waals surface area contributed by atoms with Crippen LogP contribution in [0.5, 0.6) is 0 Å². The highest BCUT2D eigenvalue weighted by atomic mass is 127. The summed E-state index contributed by atoms with van der Waals surface area (Å²) in [6, 6.07) is 0. The number of hydrogen-bond acceptors (Lipinski definition) is 2. The number of nitrogens with one attached hydrogen (secondary N) is 2. The minimum Gasteiger partial charge on any atom is -0.356 e. The quantitative estimate of drug-likeness (QED) is 0.286. The van der Waals surface area contributed by atoms with E-state index in [9.17, 15) is 0 Å². The van der Waals surface area contributed by atoms with Gasteiger partial charge in [-0.05, 0) is 59.7 Å². The molecule has 0 aliphatic carbocycles. The lowest BCUT2D eigenvalue weighted by Crippen LogP contribution is -2.48. The third-order valence-electron chi connectivity index (χ3n) is 2.74. The van der Waals surface area contributed by atoms with Crippen molar-refractivity contribution in [2.45, 2.75) is 59.4 Å². The monoisotopic (exact) mass is 398 g/mol. The molecule has 0 aromatic carbocycles. The molecule has 122 valence electrons. The van der Waals surface area contributed by atoms with Crippen molar-refractivity contribution in [2.24, 2.45) is 4.99 Å². The molecule has 0 rings (SSSR count). The van der Waals surface area contributed by atoms with Crippen LogP contribution in [0.2, 0.25) is 0 Å². The van der Waals surface area contributed by atoms with E-state index in [1.807, 2.05) is 7.05 Å². The van der Waals surface area contributed by atoms with E-state index in [-0.39, 0.29) is 29.5 Å². The first-order chi connectivity index (χ1) is 8.92. The van der Waals surface area contributed by atoms with Gasteiger partial charge in [-0.25, -0.2) is 0 Å². The summed E-state index contributed by atoms with van der Waals surface area (Å²) in [5.74, 6) is 0.894. The van der Waals surface area contributed by atoms with Crippen LogP contribution in [0, 0.1) is 0 Å². The van der Waals surface area contributed by atoms with E-state index in [2.05, 4.69) is 55.1 Å². The van der Waals surface area contributed by atoms with Gasteiger partial charge in [0.2, 0.25) is 0 Å². The summed E-state index contributed by atoms with van der Waals surface area (Å²) in [4.78, 5) is 6.79. The van der Waals surface area contributed by atoms with E-state index in [1.54, 1.807) is 0 Å². The van der Waals surface area contributed by atoms with Gasteiger partial charge < -0.3 is 15.5 Å². The van der Waals surface area contributed by atoms with E-state index in [0.717, 1.165) is 18.9 Å². The van der Waals surface area contributed by atoms with Crippen LogP contribution >= 0.6 is 24.0 Å². The molecule has 0 atom stereocenters. The van der Waals surface area contributed by atoms with Gasteiger partial charge in [0.05, 0.1) is 0 Å². The van der Waals surface area contributed by atoms with Crippen molar-refractivity contribution >= 4 is 29.9 Å². The van der Waals surface area contributed by atoms with Gasteiger partial charge in [0.15, 0.2) is 5.96 Å². The lowest BCUT2D eigenvalue weighted by Gasteiger charge is -2.24. The third kappa shape index (κ3) is 13.0. The van der Waals surface area contributed by atoms with Crippen molar-refractivity contribution in [2.75, 3.05) is 33.2 Å². The van der Waals surface area contributed by atoms with Gasteiger partial charge in [0, 0.05) is 19.1 Å². The highest BCUT2D eigenvalue weighted by Gasteiger charge is 2.11. The second-order valence-corrected chi connectivity index (χ2v) is 6.07. The normalized spacial score (nSPS) is 12.2. The van der Waals surface area contributed by atoms with E-state index >= 15 is 0 Å². The number of aliphatic imine (C=N–C) groups is 1. The Labute approximate surface area is 143 Å². The Morgan fingerprint density at radius 3 is 2.00 bits per heavy atom. The first-order valence-corrected chi connectivity index (χ1v) is 7.64. The zero-order valence-corrected chi connectivity index (χ0v) is 16.6. The number of rotatable bonds is 8. The lowest BCUT2D eigenvalue weighted by molar-refractivity contribution is 0.271. The highest BCUT2D eigenvalue weighted by Crippen LogP contribution is 1.98. The molecule has 0 aliphatic heterocycles. The van der Waals surface area contributed by atoms with Crippen LogP contribution in [-0.2, 0) is 0 Å². The molecule has 0 aromatic heterocycles. The van der Waals surface area contributed by atoms with Crippen molar-refractivity contribution in [3.8, 4) is 0 Å². The number of guanidine groups is 1. The summed E-state index contributed by atoms with van der Waals surface area (Å²) in [6.07, 6.45) is 3.63. The third-order valence-corrected chi connectivity index (χ3v) is 2.74. The van der Waals surface area contributed by atoms with Gasteiger partial charge in [0.25, 0.3) is 0 Å². The molecule has 0 unspecified atom stereocenters. The average Bonchev–Trinajstić information content (AvgIpc) is 2.32. The predicted molar refractivity (Wildman–Crippen MR) is 101 cm³/mol. The molecule has 4 nitrogen and oxygen atoms in total. The minimum atomic E-state index is 0. The Morgan fingerprint density at radius 1 is 1.05 bits per heavy atom. The summed E-state index contributed by atoms with van der Waals surface area (Å²) in [5, 5.41) is 6.75. The molecule has 0 heterocycles. The van der Waals surface area contributed by atoms with Crippen LogP contribution in [0.3, 0.4) is 0 Å². The van der Waals surface area contributed by atoms with Gasteiger partial charge in [0.1, 0.15) is 0 Å². The standard InChI is InChI=1S/C15H34N4.HI/c1-7-11-19(12-8-2)13-9-10-17-14(16-6)18-15(3,4)5;/h7-13H2,1-6H3,(H2,16,17,18);1H. The highest BCUT2D eigenvalue weighted by molar-refractivity contribution is 14.0. The Morgan fingerprint density at radius 2 is 1.60 bits per heavy atom. The van der Waals surface area contributed by atoms with Crippen LogP contribution < -0.4 is 10.6 Å². The van der Waals surface area contributed by atoms with Crippen molar-refractivity contribution < 1.29 is 0 Å². The zero-order valence-electron chi connectivity index (χ0n) is 14.3. The summed E-state index contributed by atoms with van der Waals surface area (Å²) in [7, 11) is 1.82. The number of nitrogens with zero attached hydrogens (tertiary/aromatic N) is 2. The molecule has 5 heteroatoms. The number of hydrogen-bond donors (Lipinski definition) is 2. The van der Waals surface area contributed by atoms with Gasteiger partial charge >= 0.3 is 0 Å². The fraction of sp³-hybridized carbons (Fsp3) is 0.933. The van der Waals surface area contributed by atoms with Gasteiger partial charge in [-0.3, -0.25) is 4.99 Å². The SMILES string of the molecule is CCCN(CCC)CCCNC(=NC)NC(C)(C)C.I. The van der Waals surface area contributed by atoms with Crippen LogP contribution in [0.15, 0.2) is 4.99 Å². The zero-order chi connectivity index (χ0) is 14.7. The fourth-order valence-electron chi connectivity index (χ4n) is 2.01. The molecule has 0 saturated carbocycles. The second kappa shape index (κ2) is 12.7. The Balaban J connectivity index is 0. The van der Waals surface area contributed by atoms with E-state index in [0.29, 0.717) is 0 Å². The van der Waals surface area contributed by atoms with E-state index < -0.39 is 0 Å². The summed E-state index contributed by atoms with van der Waals surface area (Å²) in [6.45, 7) is 15.5. The van der Waals surface area contributed by atoms with Gasteiger partial charge in [-0.15, -0.1) is 24.0 Å². The predicted octanol–water partition coefficient (Wildman–Crippen LogP) is 3.08. The second-order valence-electron chi connectivity index (χ2n) is 6.07. The Hall–Kier alpha value is -0.0400. The van der Waals surface area contributed by atoms with Crippen LogP contribution in [0.25, 0.3) is 0 Å². The maximum atomic E-state index is 4.24. The summed E-state index contributed by atoms with van der Waals surface area (Å²) < 4.78 is 0. The van der Waals surface area contributed by atoms with Crippen molar-refractivity contribution in [1.29, 1.82) is 0 Å². The molecule has 0 radical (unpaired) electrons. The maximum absolute atomic E-state index is 4.24. The maximum Gasteiger partial charge on any atom is 0.191 e. The molecule has 0 aromatic rings. The first-order valence-electron chi connectivity index (χ1n) is 7.64. The molecule has 20 heavy (non-hydrogen) atoms. The lowest BCUT2D eigenvalue weighted by atomic mass is 10.1. The largest absolute Gasteiger partial charge is 0.356 e. The Kier molecular flexibility index (Phi) is 14.1. The molecule has 2 N–H and O–H groups in total. The Bertz CT molecular complexity index is 243. The van der Waals surface area contributed by atoms with Gasteiger partial charge in [-0.1, -0.05) is 13.8 Å². The van der Waals surface area contributed by atoms with E-state index in [1.165, 1.54) is 32.5 Å². The molecule has 0 spiro atoms. The van der Waals surface area contributed by atoms with Crippen molar-refractivity contribution in [3.63, 3.8) is 0 Å². The first kappa shape index (κ1) is 22.2.